The minimum atomic E-state index is -1.06. The number of carbonyl (C=O) groups is 4. The Kier molecular flexibility index (Phi) is 7.04. The molecule has 10 heteroatoms. The fourth-order valence-electron chi connectivity index (χ4n) is 2.42. The standard InChI is InChI=1S/C17H19Cl2N3O5/c1-10(16(25)20-15-11(18)5-3-6-12(15)19)27-14(24)7-4-8-22-13(23)9-21(2)17(22)26/h3,5-6,10H,4,7-9H2,1-2H3,(H,20,25)/t10-/m1/s1. The number of amides is 4. The second kappa shape index (κ2) is 9.05. The van der Waals surface area contributed by atoms with Crippen molar-refractivity contribution in [2.24, 2.45) is 0 Å². The summed E-state index contributed by atoms with van der Waals surface area (Å²) in [5.41, 5.74) is 0.240. The molecule has 2 rings (SSSR count). The number of nitrogens with one attached hydrogen (secondary N) is 1. The molecule has 0 radical (unpaired) electrons. The predicted octanol–water partition coefficient (Wildman–Crippen LogP) is 2.54. The first-order chi connectivity index (χ1) is 12.7. The van der Waals surface area contributed by atoms with Crippen molar-refractivity contribution in [1.29, 1.82) is 0 Å². The van der Waals surface area contributed by atoms with Crippen molar-refractivity contribution in [2.45, 2.75) is 25.9 Å². The summed E-state index contributed by atoms with van der Waals surface area (Å²) in [5, 5.41) is 3.04. The first kappa shape index (κ1) is 21.0. The van der Waals surface area contributed by atoms with Crippen LogP contribution in [0.2, 0.25) is 10.0 Å². The number of urea groups is 1. The summed E-state index contributed by atoms with van der Waals surface area (Å²) in [6.45, 7) is 1.57. The smallest absolute Gasteiger partial charge is 0.326 e. The zero-order valence-corrected chi connectivity index (χ0v) is 16.3. The number of ether oxygens (including phenoxy) is 1. The summed E-state index contributed by atoms with van der Waals surface area (Å²) < 4.78 is 5.07. The van der Waals surface area contributed by atoms with Crippen LogP contribution < -0.4 is 5.32 Å². The molecule has 1 N–H and O–H groups in total. The second-order valence-corrected chi connectivity index (χ2v) is 6.82. The Morgan fingerprint density at radius 1 is 1.26 bits per heavy atom. The van der Waals surface area contributed by atoms with Gasteiger partial charge in [-0.15, -0.1) is 0 Å². The van der Waals surface area contributed by atoms with Crippen molar-refractivity contribution in [3.8, 4) is 0 Å². The maximum atomic E-state index is 12.1. The van der Waals surface area contributed by atoms with Gasteiger partial charge in [-0.05, 0) is 25.5 Å². The van der Waals surface area contributed by atoms with E-state index in [1.807, 2.05) is 0 Å². The van der Waals surface area contributed by atoms with Gasteiger partial charge in [0.1, 0.15) is 6.54 Å². The molecule has 146 valence electrons. The van der Waals surface area contributed by atoms with E-state index in [0.717, 1.165) is 4.90 Å². The molecule has 1 aliphatic rings. The molecular formula is C17H19Cl2N3O5. The number of imide groups is 1. The molecule has 1 aromatic rings. The summed E-state index contributed by atoms with van der Waals surface area (Å²) in [4.78, 5) is 49.8. The fourth-order valence-corrected chi connectivity index (χ4v) is 2.91. The first-order valence-electron chi connectivity index (χ1n) is 8.20. The zero-order valence-electron chi connectivity index (χ0n) is 14.8. The van der Waals surface area contributed by atoms with E-state index < -0.39 is 24.0 Å². The Morgan fingerprint density at radius 3 is 2.44 bits per heavy atom. The van der Waals surface area contributed by atoms with E-state index in [2.05, 4.69) is 5.32 Å². The third-order valence-corrected chi connectivity index (χ3v) is 4.51. The van der Waals surface area contributed by atoms with Gasteiger partial charge in [0.25, 0.3) is 5.91 Å². The summed E-state index contributed by atoms with van der Waals surface area (Å²) in [7, 11) is 1.53. The molecule has 1 fully saturated rings. The summed E-state index contributed by atoms with van der Waals surface area (Å²) in [6, 6.07) is 4.38. The lowest BCUT2D eigenvalue weighted by molar-refractivity contribution is -0.153. The minimum Gasteiger partial charge on any atom is -0.453 e. The maximum absolute atomic E-state index is 12.1. The Bertz CT molecular complexity index is 751. The number of para-hydroxylation sites is 1. The predicted molar refractivity (Wildman–Crippen MR) is 99.6 cm³/mol. The van der Waals surface area contributed by atoms with Gasteiger partial charge in [0.15, 0.2) is 6.10 Å². The van der Waals surface area contributed by atoms with E-state index in [4.69, 9.17) is 27.9 Å². The van der Waals surface area contributed by atoms with Gasteiger partial charge in [0.2, 0.25) is 5.91 Å². The van der Waals surface area contributed by atoms with Crippen LogP contribution in [0.15, 0.2) is 18.2 Å². The lowest BCUT2D eigenvalue weighted by atomic mass is 10.2. The molecule has 1 atom stereocenters. The van der Waals surface area contributed by atoms with Crippen LogP contribution in [0.5, 0.6) is 0 Å². The van der Waals surface area contributed by atoms with Crippen LogP contribution in [0.3, 0.4) is 0 Å². The highest BCUT2D eigenvalue weighted by Gasteiger charge is 2.33. The normalized spacial score (nSPS) is 15.1. The van der Waals surface area contributed by atoms with E-state index in [9.17, 15) is 19.2 Å². The SMILES string of the molecule is C[C@@H](OC(=O)CCCN1C(=O)CN(C)C1=O)C(=O)Nc1c(Cl)cccc1Cl. The van der Waals surface area contributed by atoms with Gasteiger partial charge in [-0.3, -0.25) is 19.3 Å². The lowest BCUT2D eigenvalue weighted by Gasteiger charge is -2.16. The number of likely N-dealkylation sites (N-methyl/N-ethyl adjacent to an activating group) is 1. The third-order valence-electron chi connectivity index (χ3n) is 3.88. The zero-order chi connectivity index (χ0) is 20.1. The maximum Gasteiger partial charge on any atom is 0.326 e. The number of hydrogen-bond acceptors (Lipinski definition) is 5. The van der Waals surface area contributed by atoms with Crippen molar-refractivity contribution >= 4 is 52.7 Å². The van der Waals surface area contributed by atoms with Crippen LogP contribution in [0.25, 0.3) is 0 Å². The van der Waals surface area contributed by atoms with E-state index in [1.165, 1.54) is 18.9 Å². The summed E-state index contributed by atoms with van der Waals surface area (Å²) >= 11 is 12.0. The molecule has 8 nitrogen and oxygen atoms in total. The fraction of sp³-hybridized carbons (Fsp3) is 0.412. The molecule has 0 aromatic heterocycles. The van der Waals surface area contributed by atoms with Crippen LogP contribution in [-0.2, 0) is 19.1 Å². The quantitative estimate of drug-likeness (QED) is 0.545. The van der Waals surface area contributed by atoms with Gasteiger partial charge in [-0.1, -0.05) is 29.3 Å². The van der Waals surface area contributed by atoms with E-state index in [0.29, 0.717) is 0 Å². The number of esters is 1. The van der Waals surface area contributed by atoms with Crippen molar-refractivity contribution in [1.82, 2.24) is 9.80 Å². The molecule has 1 heterocycles. The first-order valence-corrected chi connectivity index (χ1v) is 8.96. The Hall–Kier alpha value is -2.32. The van der Waals surface area contributed by atoms with Crippen LogP contribution in [-0.4, -0.2) is 59.9 Å². The van der Waals surface area contributed by atoms with Gasteiger partial charge >= 0.3 is 12.0 Å². The van der Waals surface area contributed by atoms with Crippen molar-refractivity contribution < 1.29 is 23.9 Å². The van der Waals surface area contributed by atoms with Crippen molar-refractivity contribution in [3.63, 3.8) is 0 Å². The molecule has 0 saturated carbocycles. The van der Waals surface area contributed by atoms with Gasteiger partial charge < -0.3 is 15.0 Å². The molecule has 0 bridgehead atoms. The molecule has 4 amide bonds. The topological polar surface area (TPSA) is 96.0 Å². The van der Waals surface area contributed by atoms with Gasteiger partial charge in [-0.25, -0.2) is 4.79 Å². The van der Waals surface area contributed by atoms with Gasteiger partial charge in [0.05, 0.1) is 15.7 Å². The highest BCUT2D eigenvalue weighted by Crippen LogP contribution is 2.29. The van der Waals surface area contributed by atoms with Crippen LogP contribution in [0.1, 0.15) is 19.8 Å². The largest absolute Gasteiger partial charge is 0.453 e. The number of halogens is 2. The van der Waals surface area contributed by atoms with Crippen molar-refractivity contribution in [3.05, 3.63) is 28.2 Å². The molecule has 0 aliphatic carbocycles. The second-order valence-electron chi connectivity index (χ2n) is 6.01. The monoisotopic (exact) mass is 415 g/mol. The highest BCUT2D eigenvalue weighted by molar-refractivity contribution is 6.39. The number of hydrogen-bond donors (Lipinski definition) is 1. The van der Waals surface area contributed by atoms with E-state index in [-0.39, 0.29) is 47.6 Å². The number of carbonyl (C=O) groups excluding carboxylic acids is 4. The minimum absolute atomic E-state index is 0.0328. The lowest BCUT2D eigenvalue weighted by Crippen LogP contribution is -2.33. The van der Waals surface area contributed by atoms with Crippen molar-refractivity contribution in [2.75, 3.05) is 25.5 Å². The molecular weight excluding hydrogens is 397 g/mol. The van der Waals surface area contributed by atoms with Gasteiger partial charge in [0, 0.05) is 20.0 Å². The highest BCUT2D eigenvalue weighted by atomic mass is 35.5. The van der Waals surface area contributed by atoms with E-state index in [1.54, 1.807) is 18.2 Å². The molecule has 1 aliphatic heterocycles. The Labute approximate surface area is 166 Å². The molecule has 27 heavy (non-hydrogen) atoms. The average Bonchev–Trinajstić information content (AvgIpc) is 2.84. The van der Waals surface area contributed by atoms with Crippen LogP contribution in [0, 0.1) is 0 Å². The Balaban J connectivity index is 1.79. The average molecular weight is 416 g/mol. The molecule has 0 spiro atoms. The summed E-state index contributed by atoms with van der Waals surface area (Å²) in [5.74, 6) is -1.50. The molecule has 0 unspecified atom stereocenters. The Morgan fingerprint density at radius 2 is 1.89 bits per heavy atom. The number of anilines is 1. The van der Waals surface area contributed by atoms with Crippen LogP contribution in [0.4, 0.5) is 10.5 Å². The number of rotatable bonds is 7. The molecule has 1 saturated heterocycles. The van der Waals surface area contributed by atoms with Crippen LogP contribution >= 0.6 is 23.2 Å². The van der Waals surface area contributed by atoms with E-state index >= 15 is 0 Å². The van der Waals surface area contributed by atoms with Gasteiger partial charge in [-0.2, -0.15) is 0 Å². The summed E-state index contributed by atoms with van der Waals surface area (Å²) in [6.07, 6.45) is -0.855. The number of benzene rings is 1. The number of nitrogens with zero attached hydrogens (tertiary/aromatic N) is 2. The molecule has 1 aromatic carbocycles. The third kappa shape index (κ3) is 5.33.